The van der Waals surface area contributed by atoms with E-state index in [0.29, 0.717) is 12.5 Å². The summed E-state index contributed by atoms with van der Waals surface area (Å²) in [7, 11) is 0. The minimum absolute atomic E-state index is 0.202. The van der Waals surface area contributed by atoms with Gasteiger partial charge in [-0.3, -0.25) is 0 Å². The van der Waals surface area contributed by atoms with Crippen LogP contribution in [0.2, 0.25) is 0 Å². The van der Waals surface area contributed by atoms with E-state index in [1.165, 1.54) is 12.1 Å². The van der Waals surface area contributed by atoms with E-state index >= 15 is 0 Å². The van der Waals surface area contributed by atoms with Crippen molar-refractivity contribution in [2.45, 2.75) is 32.9 Å². The Balaban J connectivity index is 1.95. The van der Waals surface area contributed by atoms with E-state index in [1.807, 2.05) is 6.08 Å². The first-order valence-corrected chi connectivity index (χ1v) is 6.59. The summed E-state index contributed by atoms with van der Waals surface area (Å²) in [5, 5.41) is 3.31. The molecule has 1 aliphatic rings. The van der Waals surface area contributed by atoms with E-state index in [9.17, 15) is 4.39 Å². The van der Waals surface area contributed by atoms with Crippen LogP contribution < -0.4 is 5.32 Å². The van der Waals surface area contributed by atoms with E-state index in [1.54, 1.807) is 12.1 Å². The molecular weight excluding hydrogens is 241 g/mol. The van der Waals surface area contributed by atoms with Crippen molar-refractivity contribution in [3.63, 3.8) is 0 Å². The smallest absolute Gasteiger partial charge is 0.123 e. The van der Waals surface area contributed by atoms with Crippen LogP contribution in [0.4, 0.5) is 4.39 Å². The number of hydrogen-bond donors (Lipinski definition) is 1. The normalized spacial score (nSPS) is 18.4. The van der Waals surface area contributed by atoms with Crippen molar-refractivity contribution in [3.05, 3.63) is 59.8 Å². The summed E-state index contributed by atoms with van der Waals surface area (Å²) < 4.78 is 18.6. The number of nitrogens with one attached hydrogen (secondary N) is 1. The van der Waals surface area contributed by atoms with Crippen LogP contribution >= 0.6 is 0 Å². The predicted molar refractivity (Wildman–Crippen MR) is 74.8 cm³/mol. The van der Waals surface area contributed by atoms with Gasteiger partial charge in [0.15, 0.2) is 0 Å². The second kappa shape index (κ2) is 5.91. The van der Waals surface area contributed by atoms with Crippen molar-refractivity contribution in [3.8, 4) is 0 Å². The highest BCUT2D eigenvalue weighted by Crippen LogP contribution is 2.23. The Bertz CT molecular complexity index is 476. The van der Waals surface area contributed by atoms with Crippen molar-refractivity contribution in [1.29, 1.82) is 0 Å². The quantitative estimate of drug-likeness (QED) is 0.871. The fraction of sp³-hybridized carbons (Fsp3) is 0.375. The molecule has 0 unspecified atom stereocenters. The number of rotatable bonds is 5. The van der Waals surface area contributed by atoms with Crippen LogP contribution in [0.25, 0.3) is 0 Å². The van der Waals surface area contributed by atoms with Crippen molar-refractivity contribution in [2.75, 3.05) is 0 Å². The predicted octanol–water partition coefficient (Wildman–Crippen LogP) is 3.76. The fourth-order valence-electron chi connectivity index (χ4n) is 2.14. The van der Waals surface area contributed by atoms with E-state index in [2.05, 4.69) is 25.7 Å². The Kier molecular flexibility index (Phi) is 4.25. The summed E-state index contributed by atoms with van der Waals surface area (Å²) in [5.74, 6) is 1.28. The molecule has 0 aliphatic carbocycles. The van der Waals surface area contributed by atoms with Crippen LogP contribution in [-0.4, -0.2) is 6.04 Å². The number of benzene rings is 1. The molecule has 0 fully saturated rings. The molecule has 0 aromatic heterocycles. The Hall–Kier alpha value is -1.77. The summed E-state index contributed by atoms with van der Waals surface area (Å²) >= 11 is 0. The molecule has 3 heteroatoms. The van der Waals surface area contributed by atoms with E-state index in [-0.39, 0.29) is 11.9 Å². The van der Waals surface area contributed by atoms with Gasteiger partial charge in [-0.1, -0.05) is 32.6 Å². The van der Waals surface area contributed by atoms with Gasteiger partial charge in [0.05, 0.1) is 6.04 Å². The third-order valence-corrected chi connectivity index (χ3v) is 3.05. The SMILES string of the molecule is C=C1C=C(OCc2ccc(F)cc2)[C@H](CC(C)C)N1. The summed E-state index contributed by atoms with van der Waals surface area (Å²) in [6, 6.07) is 6.58. The molecule has 1 aromatic carbocycles. The molecule has 2 nitrogen and oxygen atoms in total. The standard InChI is InChI=1S/C16H20FNO/c1-11(2)8-15-16(9-12(3)18-15)19-10-13-4-6-14(17)7-5-13/h4-7,9,11,15,18H,3,8,10H2,1-2H3/t15-/m0/s1. The largest absolute Gasteiger partial charge is 0.491 e. The van der Waals surface area contributed by atoms with Gasteiger partial charge in [0.1, 0.15) is 18.2 Å². The highest BCUT2D eigenvalue weighted by atomic mass is 19.1. The molecule has 1 aromatic rings. The first-order valence-electron chi connectivity index (χ1n) is 6.59. The zero-order valence-corrected chi connectivity index (χ0v) is 11.4. The third-order valence-electron chi connectivity index (χ3n) is 3.05. The molecule has 0 saturated carbocycles. The molecular formula is C16H20FNO. The van der Waals surface area contributed by atoms with Gasteiger partial charge in [-0.2, -0.15) is 0 Å². The second-order valence-corrected chi connectivity index (χ2v) is 5.31. The average molecular weight is 261 g/mol. The number of hydrogen-bond acceptors (Lipinski definition) is 2. The van der Waals surface area contributed by atoms with Gasteiger partial charge in [-0.15, -0.1) is 0 Å². The van der Waals surface area contributed by atoms with Gasteiger partial charge >= 0.3 is 0 Å². The molecule has 1 atom stereocenters. The molecule has 1 heterocycles. The molecule has 0 saturated heterocycles. The van der Waals surface area contributed by atoms with Gasteiger partial charge < -0.3 is 10.1 Å². The van der Waals surface area contributed by atoms with Crippen molar-refractivity contribution in [1.82, 2.24) is 5.32 Å². The minimum Gasteiger partial charge on any atom is -0.491 e. The lowest BCUT2D eigenvalue weighted by Gasteiger charge is -2.18. The Morgan fingerprint density at radius 3 is 2.63 bits per heavy atom. The molecule has 102 valence electrons. The van der Waals surface area contributed by atoms with Crippen LogP contribution in [0.5, 0.6) is 0 Å². The zero-order valence-electron chi connectivity index (χ0n) is 11.4. The molecule has 1 N–H and O–H groups in total. The topological polar surface area (TPSA) is 21.3 Å². The first-order chi connectivity index (χ1) is 9.04. The molecule has 1 aliphatic heterocycles. The third kappa shape index (κ3) is 3.85. The van der Waals surface area contributed by atoms with Crippen LogP contribution in [0.3, 0.4) is 0 Å². The summed E-state index contributed by atoms with van der Waals surface area (Å²) in [4.78, 5) is 0. The van der Waals surface area contributed by atoms with Gasteiger partial charge in [0.2, 0.25) is 0 Å². The Labute approximate surface area is 114 Å². The van der Waals surface area contributed by atoms with Crippen molar-refractivity contribution in [2.24, 2.45) is 5.92 Å². The van der Waals surface area contributed by atoms with Gasteiger partial charge in [0.25, 0.3) is 0 Å². The molecule has 0 bridgehead atoms. The van der Waals surface area contributed by atoms with Crippen LogP contribution in [0, 0.1) is 11.7 Å². The van der Waals surface area contributed by atoms with Crippen molar-refractivity contribution < 1.29 is 9.13 Å². The maximum atomic E-state index is 12.8. The van der Waals surface area contributed by atoms with Crippen LogP contribution in [-0.2, 0) is 11.3 Å². The minimum atomic E-state index is -0.225. The Morgan fingerprint density at radius 2 is 2.00 bits per heavy atom. The van der Waals surface area contributed by atoms with Crippen LogP contribution in [0.15, 0.2) is 48.4 Å². The first kappa shape index (κ1) is 13.7. The fourth-order valence-corrected chi connectivity index (χ4v) is 2.14. The van der Waals surface area contributed by atoms with E-state index in [0.717, 1.165) is 23.4 Å². The average Bonchev–Trinajstić information content (AvgIpc) is 2.68. The summed E-state index contributed by atoms with van der Waals surface area (Å²) in [5.41, 5.74) is 1.85. The highest BCUT2D eigenvalue weighted by Gasteiger charge is 2.23. The maximum Gasteiger partial charge on any atom is 0.123 e. The van der Waals surface area contributed by atoms with Gasteiger partial charge in [-0.25, -0.2) is 4.39 Å². The molecule has 0 amide bonds. The number of halogens is 1. The molecule has 0 spiro atoms. The van der Waals surface area contributed by atoms with Crippen molar-refractivity contribution >= 4 is 0 Å². The summed E-state index contributed by atoms with van der Waals surface area (Å²) in [6.07, 6.45) is 2.95. The van der Waals surface area contributed by atoms with Gasteiger partial charge in [0, 0.05) is 11.8 Å². The number of allylic oxidation sites excluding steroid dienone is 1. The second-order valence-electron chi connectivity index (χ2n) is 5.31. The van der Waals surface area contributed by atoms with Gasteiger partial charge in [-0.05, 0) is 30.0 Å². The maximum absolute atomic E-state index is 12.8. The van der Waals surface area contributed by atoms with Crippen LogP contribution in [0.1, 0.15) is 25.8 Å². The lowest BCUT2D eigenvalue weighted by Crippen LogP contribution is -2.26. The zero-order chi connectivity index (χ0) is 13.8. The number of ether oxygens (including phenoxy) is 1. The monoisotopic (exact) mass is 261 g/mol. The lowest BCUT2D eigenvalue weighted by atomic mass is 10.0. The Morgan fingerprint density at radius 1 is 1.32 bits per heavy atom. The summed E-state index contributed by atoms with van der Waals surface area (Å²) in [6.45, 7) is 8.73. The highest BCUT2D eigenvalue weighted by molar-refractivity contribution is 5.28. The van der Waals surface area contributed by atoms with E-state index < -0.39 is 0 Å². The van der Waals surface area contributed by atoms with E-state index in [4.69, 9.17) is 4.74 Å². The molecule has 2 rings (SSSR count). The lowest BCUT2D eigenvalue weighted by molar-refractivity contribution is 0.175. The molecule has 0 radical (unpaired) electrons. The molecule has 19 heavy (non-hydrogen) atoms.